The highest BCUT2D eigenvalue weighted by Crippen LogP contribution is 2.21. The van der Waals surface area contributed by atoms with Crippen LogP contribution in [0.2, 0.25) is 0 Å². The first-order chi connectivity index (χ1) is 14.5. The van der Waals surface area contributed by atoms with E-state index in [2.05, 4.69) is 31.6 Å². The highest BCUT2D eigenvalue weighted by atomic mass is 16.6. The molecule has 0 aliphatic heterocycles. The Hall–Kier alpha value is -3.90. The molecular weight excluding hydrogens is 392 g/mol. The minimum Gasteiger partial charge on any atom is -0.366 e. The second-order valence-corrected chi connectivity index (χ2v) is 5.81. The van der Waals surface area contributed by atoms with Crippen molar-refractivity contribution in [3.63, 3.8) is 0 Å². The van der Waals surface area contributed by atoms with Crippen LogP contribution in [0.3, 0.4) is 0 Å². The smallest absolute Gasteiger partial charge is 0.250 e. The molecule has 160 valence electrons. The SMILES string of the molecule is CONc1cc(C(N)=O)cnc1NC/C=C/CNc1ncc(C(N)=O)cc1NOC. The first-order valence-corrected chi connectivity index (χ1v) is 8.76. The third-order valence-electron chi connectivity index (χ3n) is 3.71. The van der Waals surface area contributed by atoms with Crippen molar-refractivity contribution >= 4 is 34.8 Å². The van der Waals surface area contributed by atoms with Crippen LogP contribution in [-0.4, -0.2) is 49.1 Å². The molecule has 0 spiro atoms. The van der Waals surface area contributed by atoms with Gasteiger partial charge in [0.05, 0.1) is 25.3 Å². The van der Waals surface area contributed by atoms with Crippen LogP contribution in [0, 0.1) is 0 Å². The van der Waals surface area contributed by atoms with Crippen molar-refractivity contribution in [2.45, 2.75) is 0 Å². The summed E-state index contributed by atoms with van der Waals surface area (Å²) in [5, 5.41) is 6.19. The van der Waals surface area contributed by atoms with E-state index in [0.717, 1.165) is 0 Å². The summed E-state index contributed by atoms with van der Waals surface area (Å²) < 4.78 is 0. The summed E-state index contributed by atoms with van der Waals surface area (Å²) in [6.45, 7) is 0.917. The molecule has 0 aromatic carbocycles. The maximum Gasteiger partial charge on any atom is 0.250 e. The lowest BCUT2D eigenvalue weighted by atomic mass is 10.2. The zero-order valence-electron chi connectivity index (χ0n) is 16.6. The minimum absolute atomic E-state index is 0.259. The Labute approximate surface area is 172 Å². The van der Waals surface area contributed by atoms with Crippen molar-refractivity contribution in [3.05, 3.63) is 47.8 Å². The summed E-state index contributed by atoms with van der Waals surface area (Å²) in [6.07, 6.45) is 6.49. The quantitative estimate of drug-likeness (QED) is 0.213. The topological polar surface area (TPSA) is 179 Å². The van der Waals surface area contributed by atoms with Gasteiger partial charge in [-0.3, -0.25) is 30.2 Å². The van der Waals surface area contributed by atoms with Gasteiger partial charge in [0.15, 0.2) is 11.6 Å². The van der Waals surface area contributed by atoms with Crippen LogP contribution in [0.25, 0.3) is 0 Å². The van der Waals surface area contributed by atoms with Crippen molar-refractivity contribution in [2.75, 3.05) is 48.9 Å². The zero-order chi connectivity index (χ0) is 21.9. The number of carbonyl (C=O) groups is 2. The van der Waals surface area contributed by atoms with Gasteiger partial charge in [0.2, 0.25) is 11.8 Å². The number of anilines is 4. The molecule has 0 aliphatic rings. The van der Waals surface area contributed by atoms with Crippen LogP contribution < -0.4 is 33.1 Å². The highest BCUT2D eigenvalue weighted by Gasteiger charge is 2.09. The summed E-state index contributed by atoms with van der Waals surface area (Å²) >= 11 is 0. The van der Waals surface area contributed by atoms with Gasteiger partial charge in [0.1, 0.15) is 11.4 Å². The monoisotopic (exact) mass is 416 g/mol. The molecule has 0 unspecified atom stereocenters. The molecule has 2 aromatic heterocycles. The number of nitrogens with one attached hydrogen (secondary N) is 4. The Kier molecular flexibility index (Phi) is 8.35. The molecule has 12 nitrogen and oxygen atoms in total. The molecule has 2 rings (SSSR count). The number of pyridine rings is 2. The first kappa shape index (κ1) is 22.4. The summed E-state index contributed by atoms with van der Waals surface area (Å²) in [4.78, 5) is 40.6. The third kappa shape index (κ3) is 6.32. The van der Waals surface area contributed by atoms with Gasteiger partial charge >= 0.3 is 0 Å². The summed E-state index contributed by atoms with van der Waals surface area (Å²) in [5.74, 6) is -0.178. The molecule has 0 atom stereocenters. The second kappa shape index (κ2) is 11.2. The molecule has 0 saturated heterocycles. The van der Waals surface area contributed by atoms with E-state index >= 15 is 0 Å². The number of nitrogens with two attached hydrogens (primary N) is 2. The Bertz CT molecular complexity index is 846. The molecule has 0 radical (unpaired) electrons. The van der Waals surface area contributed by atoms with Gasteiger partial charge in [-0.05, 0) is 12.1 Å². The van der Waals surface area contributed by atoms with Gasteiger partial charge < -0.3 is 22.1 Å². The minimum atomic E-state index is -0.584. The molecule has 2 amide bonds. The number of hydrogen-bond donors (Lipinski definition) is 6. The largest absolute Gasteiger partial charge is 0.366 e. The van der Waals surface area contributed by atoms with E-state index in [1.165, 1.54) is 38.7 Å². The Morgan fingerprint density at radius 3 is 1.60 bits per heavy atom. The van der Waals surface area contributed by atoms with E-state index in [1.807, 2.05) is 12.2 Å². The summed E-state index contributed by atoms with van der Waals surface area (Å²) in [7, 11) is 2.89. The maximum absolute atomic E-state index is 11.3. The van der Waals surface area contributed by atoms with Crippen LogP contribution in [-0.2, 0) is 9.68 Å². The van der Waals surface area contributed by atoms with E-state index in [-0.39, 0.29) is 11.1 Å². The normalized spacial score (nSPS) is 10.6. The highest BCUT2D eigenvalue weighted by molar-refractivity contribution is 5.94. The standard InChI is InChI=1S/C18H24N8O4/c1-29-25-13-7-11(15(19)27)9-23-17(13)21-5-3-4-6-22-18-14(26-30-2)8-12(10-24-18)16(20)28/h3-4,7-10,25-26H,5-6H2,1-2H3,(H2,19,27)(H2,20,28)(H,21,23)(H,22,24)/b4-3+. The van der Waals surface area contributed by atoms with E-state index in [0.29, 0.717) is 36.1 Å². The molecule has 2 aromatic rings. The van der Waals surface area contributed by atoms with Gasteiger partial charge in [-0.25, -0.2) is 9.97 Å². The van der Waals surface area contributed by atoms with Crippen molar-refractivity contribution in [2.24, 2.45) is 11.5 Å². The van der Waals surface area contributed by atoms with Crippen LogP contribution >= 0.6 is 0 Å². The predicted molar refractivity (Wildman–Crippen MR) is 113 cm³/mol. The second-order valence-electron chi connectivity index (χ2n) is 5.81. The first-order valence-electron chi connectivity index (χ1n) is 8.76. The number of amides is 2. The molecule has 0 bridgehead atoms. The van der Waals surface area contributed by atoms with Crippen molar-refractivity contribution in [3.8, 4) is 0 Å². The molecule has 2 heterocycles. The average molecular weight is 416 g/mol. The third-order valence-corrected chi connectivity index (χ3v) is 3.71. The lowest BCUT2D eigenvalue weighted by Crippen LogP contribution is -2.14. The van der Waals surface area contributed by atoms with Crippen molar-refractivity contribution in [1.82, 2.24) is 9.97 Å². The van der Waals surface area contributed by atoms with Crippen molar-refractivity contribution < 1.29 is 19.3 Å². The van der Waals surface area contributed by atoms with E-state index in [4.69, 9.17) is 21.1 Å². The molecule has 0 saturated carbocycles. The van der Waals surface area contributed by atoms with E-state index in [9.17, 15) is 9.59 Å². The predicted octanol–water partition coefficient (Wildman–Crippen LogP) is 0.701. The summed E-state index contributed by atoms with van der Waals surface area (Å²) in [5.41, 5.74) is 17.3. The van der Waals surface area contributed by atoms with Crippen LogP contribution in [0.5, 0.6) is 0 Å². The fraction of sp³-hybridized carbons (Fsp3) is 0.222. The lowest BCUT2D eigenvalue weighted by molar-refractivity contribution is 0.0991. The van der Waals surface area contributed by atoms with Gasteiger partial charge in [-0.15, -0.1) is 0 Å². The molecular formula is C18H24N8O4. The number of nitrogens with zero attached hydrogens (tertiary/aromatic N) is 2. The van der Waals surface area contributed by atoms with Gasteiger partial charge in [0.25, 0.3) is 0 Å². The molecule has 0 fully saturated rings. The fourth-order valence-electron chi connectivity index (χ4n) is 2.33. The van der Waals surface area contributed by atoms with Gasteiger partial charge in [0, 0.05) is 25.5 Å². The molecule has 8 N–H and O–H groups in total. The fourth-order valence-corrected chi connectivity index (χ4v) is 2.33. The zero-order valence-corrected chi connectivity index (χ0v) is 16.6. The molecule has 30 heavy (non-hydrogen) atoms. The van der Waals surface area contributed by atoms with E-state index < -0.39 is 11.8 Å². The lowest BCUT2D eigenvalue weighted by Gasteiger charge is -2.12. The summed E-state index contributed by atoms with van der Waals surface area (Å²) in [6, 6.07) is 3.08. The number of primary amides is 2. The molecule has 12 heteroatoms. The van der Waals surface area contributed by atoms with Crippen LogP contribution in [0.15, 0.2) is 36.7 Å². The number of hydrogen-bond acceptors (Lipinski definition) is 10. The average Bonchev–Trinajstić information content (AvgIpc) is 2.72. The molecule has 0 aliphatic carbocycles. The Morgan fingerprint density at radius 1 is 0.867 bits per heavy atom. The van der Waals surface area contributed by atoms with Gasteiger partial charge in [-0.1, -0.05) is 12.2 Å². The Balaban J connectivity index is 1.92. The van der Waals surface area contributed by atoms with Crippen LogP contribution in [0.4, 0.5) is 23.0 Å². The van der Waals surface area contributed by atoms with Crippen LogP contribution in [0.1, 0.15) is 20.7 Å². The van der Waals surface area contributed by atoms with E-state index in [1.54, 1.807) is 0 Å². The number of carbonyl (C=O) groups excluding carboxylic acids is 2. The Morgan fingerprint density at radius 2 is 1.27 bits per heavy atom. The van der Waals surface area contributed by atoms with Gasteiger partial charge in [-0.2, -0.15) is 0 Å². The number of rotatable bonds is 12. The number of aromatic nitrogens is 2. The maximum atomic E-state index is 11.3. The van der Waals surface area contributed by atoms with Crippen molar-refractivity contribution in [1.29, 1.82) is 0 Å².